The fourth-order valence-electron chi connectivity index (χ4n) is 2.39. The fourth-order valence-corrected chi connectivity index (χ4v) is 4.10. The Labute approximate surface area is 153 Å². The fraction of sp³-hybridized carbons (Fsp3) is 0.571. The van der Waals surface area contributed by atoms with E-state index in [-0.39, 0.29) is 23.3 Å². The van der Waals surface area contributed by atoms with Gasteiger partial charge in [0, 0.05) is 43.7 Å². The number of nitrogens with one attached hydrogen (secondary N) is 2. The van der Waals surface area contributed by atoms with Crippen LogP contribution in [0.1, 0.15) is 16.9 Å². The lowest BCUT2D eigenvalue weighted by atomic mass is 10.4. The van der Waals surface area contributed by atoms with Crippen LogP contribution in [0, 0.1) is 0 Å². The molecule has 3 rings (SSSR count). The lowest BCUT2D eigenvalue weighted by molar-refractivity contribution is -0.122. The lowest BCUT2D eigenvalue weighted by Crippen LogP contribution is -2.43. The molecule has 0 radical (unpaired) electrons. The van der Waals surface area contributed by atoms with Crippen LogP contribution in [0.3, 0.4) is 0 Å². The molecule has 136 valence electrons. The number of thiazole rings is 1. The van der Waals surface area contributed by atoms with E-state index in [1.807, 2.05) is 0 Å². The predicted octanol–water partition coefficient (Wildman–Crippen LogP) is 0.300. The van der Waals surface area contributed by atoms with E-state index in [0.717, 1.165) is 24.0 Å². The van der Waals surface area contributed by atoms with Crippen molar-refractivity contribution in [3.8, 4) is 0 Å². The molecule has 3 amide bonds. The highest BCUT2D eigenvalue weighted by atomic mass is 32.2. The van der Waals surface area contributed by atoms with Crippen molar-refractivity contribution < 1.29 is 19.1 Å². The molecule has 11 heteroatoms. The van der Waals surface area contributed by atoms with Crippen molar-refractivity contribution in [2.75, 3.05) is 50.0 Å². The normalized spacial score (nSPS) is 17.7. The first kappa shape index (κ1) is 18.0. The lowest BCUT2D eigenvalue weighted by Gasteiger charge is -2.25. The number of carbonyl (C=O) groups excluding carboxylic acids is 3. The molecule has 0 unspecified atom stereocenters. The Hall–Kier alpha value is -1.85. The molecule has 1 aromatic rings. The van der Waals surface area contributed by atoms with Gasteiger partial charge in [0.1, 0.15) is 5.69 Å². The molecule has 0 spiro atoms. The number of amides is 3. The van der Waals surface area contributed by atoms with E-state index in [0.29, 0.717) is 26.3 Å². The van der Waals surface area contributed by atoms with Crippen LogP contribution in [-0.4, -0.2) is 72.1 Å². The molecule has 2 N–H and O–H groups in total. The first-order chi connectivity index (χ1) is 12.1. The molecule has 3 heterocycles. The molecule has 0 saturated carbocycles. The molecule has 1 aromatic heterocycles. The summed E-state index contributed by atoms with van der Waals surface area (Å²) in [6.07, 6.45) is 0.142. The number of hydrazine groups is 1. The maximum atomic E-state index is 12.1. The van der Waals surface area contributed by atoms with Crippen molar-refractivity contribution in [2.24, 2.45) is 0 Å². The minimum Gasteiger partial charge on any atom is -0.378 e. The Bertz CT molecular complexity index is 647. The van der Waals surface area contributed by atoms with Crippen LogP contribution >= 0.6 is 23.1 Å². The van der Waals surface area contributed by atoms with Gasteiger partial charge in [0.15, 0.2) is 5.13 Å². The number of anilines is 1. The van der Waals surface area contributed by atoms with E-state index < -0.39 is 5.91 Å². The highest BCUT2D eigenvalue weighted by molar-refractivity contribution is 8.13. The Morgan fingerprint density at radius 2 is 2.04 bits per heavy atom. The van der Waals surface area contributed by atoms with Gasteiger partial charge in [0.25, 0.3) is 11.1 Å². The van der Waals surface area contributed by atoms with E-state index in [1.165, 1.54) is 23.1 Å². The van der Waals surface area contributed by atoms with Gasteiger partial charge in [0.05, 0.1) is 13.2 Å². The smallest absolute Gasteiger partial charge is 0.289 e. The van der Waals surface area contributed by atoms with Crippen LogP contribution in [0.5, 0.6) is 0 Å². The summed E-state index contributed by atoms with van der Waals surface area (Å²) in [4.78, 5) is 43.3. The van der Waals surface area contributed by atoms with Gasteiger partial charge in [-0.05, 0) is 0 Å². The summed E-state index contributed by atoms with van der Waals surface area (Å²) < 4.78 is 5.29. The number of morpholine rings is 1. The van der Waals surface area contributed by atoms with Crippen LogP contribution in [0.4, 0.5) is 9.93 Å². The maximum absolute atomic E-state index is 12.1. The molecular formula is C14H19N5O4S2. The zero-order valence-electron chi connectivity index (χ0n) is 13.5. The summed E-state index contributed by atoms with van der Waals surface area (Å²) in [5, 5.41) is 2.42. The molecule has 2 saturated heterocycles. The Morgan fingerprint density at radius 1 is 1.24 bits per heavy atom. The zero-order valence-corrected chi connectivity index (χ0v) is 15.2. The summed E-state index contributed by atoms with van der Waals surface area (Å²) in [7, 11) is 0. The van der Waals surface area contributed by atoms with Gasteiger partial charge in [0.2, 0.25) is 5.91 Å². The highest BCUT2D eigenvalue weighted by Crippen LogP contribution is 2.21. The topological polar surface area (TPSA) is 104 Å². The second kappa shape index (κ2) is 8.50. The largest absolute Gasteiger partial charge is 0.378 e. The third-order valence-electron chi connectivity index (χ3n) is 3.78. The van der Waals surface area contributed by atoms with Gasteiger partial charge >= 0.3 is 0 Å². The summed E-state index contributed by atoms with van der Waals surface area (Å²) in [5.41, 5.74) is 4.97. The molecule has 0 aliphatic carbocycles. The second-order valence-electron chi connectivity index (χ2n) is 5.47. The van der Waals surface area contributed by atoms with Crippen molar-refractivity contribution in [1.82, 2.24) is 20.7 Å². The number of ether oxygens (including phenoxy) is 1. The zero-order chi connectivity index (χ0) is 17.6. The van der Waals surface area contributed by atoms with Crippen LogP contribution in [-0.2, 0) is 9.53 Å². The molecule has 2 fully saturated rings. The summed E-state index contributed by atoms with van der Waals surface area (Å²) in [5.74, 6) is -0.0504. The summed E-state index contributed by atoms with van der Waals surface area (Å²) in [6.45, 7) is 3.81. The number of thioether (sulfide) groups is 1. The molecule has 25 heavy (non-hydrogen) atoms. The standard InChI is InChI=1S/C14H19N5O4S2/c20-11(1-2-19-5-8-24-14(19)22)16-17-12(21)10-9-25-13(15-10)18-3-6-23-7-4-18/h9H,1-8H2,(H,16,20)(H,17,21). The third kappa shape index (κ3) is 4.83. The van der Waals surface area contributed by atoms with E-state index in [2.05, 4.69) is 20.7 Å². The Kier molecular flexibility index (Phi) is 6.10. The van der Waals surface area contributed by atoms with E-state index in [4.69, 9.17) is 4.74 Å². The van der Waals surface area contributed by atoms with Crippen LogP contribution < -0.4 is 15.8 Å². The summed E-state index contributed by atoms with van der Waals surface area (Å²) >= 11 is 2.64. The van der Waals surface area contributed by atoms with E-state index >= 15 is 0 Å². The molecular weight excluding hydrogens is 366 g/mol. The Balaban J connectivity index is 1.42. The monoisotopic (exact) mass is 385 g/mol. The number of hydrogen-bond acceptors (Lipinski definition) is 8. The van der Waals surface area contributed by atoms with Gasteiger partial charge in [-0.1, -0.05) is 11.8 Å². The predicted molar refractivity (Wildman–Crippen MR) is 94.8 cm³/mol. The molecule has 0 aromatic carbocycles. The number of carbonyl (C=O) groups is 3. The number of rotatable bonds is 5. The van der Waals surface area contributed by atoms with Crippen LogP contribution in [0.25, 0.3) is 0 Å². The average Bonchev–Trinajstić information content (AvgIpc) is 3.28. The van der Waals surface area contributed by atoms with Crippen LogP contribution in [0.15, 0.2) is 5.38 Å². The van der Waals surface area contributed by atoms with Gasteiger partial charge in [-0.2, -0.15) is 0 Å². The van der Waals surface area contributed by atoms with Crippen molar-refractivity contribution >= 4 is 45.3 Å². The quantitative estimate of drug-likeness (QED) is 0.703. The first-order valence-electron chi connectivity index (χ1n) is 7.92. The minimum atomic E-state index is -0.461. The Morgan fingerprint density at radius 3 is 2.76 bits per heavy atom. The van der Waals surface area contributed by atoms with Crippen molar-refractivity contribution in [2.45, 2.75) is 6.42 Å². The molecule has 9 nitrogen and oxygen atoms in total. The SMILES string of the molecule is O=C(CCN1CCSC1=O)NNC(=O)c1csc(N2CCOCC2)n1. The highest BCUT2D eigenvalue weighted by Gasteiger charge is 2.22. The molecule has 0 atom stereocenters. The maximum Gasteiger partial charge on any atom is 0.289 e. The first-order valence-corrected chi connectivity index (χ1v) is 9.79. The summed E-state index contributed by atoms with van der Waals surface area (Å²) in [6, 6.07) is 0. The number of nitrogens with zero attached hydrogens (tertiary/aromatic N) is 3. The third-order valence-corrected chi connectivity index (χ3v) is 5.57. The van der Waals surface area contributed by atoms with Gasteiger partial charge in [-0.3, -0.25) is 25.2 Å². The van der Waals surface area contributed by atoms with Crippen molar-refractivity contribution in [3.63, 3.8) is 0 Å². The van der Waals surface area contributed by atoms with Crippen molar-refractivity contribution in [1.29, 1.82) is 0 Å². The molecule has 0 bridgehead atoms. The average molecular weight is 385 g/mol. The van der Waals surface area contributed by atoms with E-state index in [1.54, 1.807) is 10.3 Å². The van der Waals surface area contributed by atoms with Crippen LogP contribution in [0.2, 0.25) is 0 Å². The van der Waals surface area contributed by atoms with Crippen molar-refractivity contribution in [3.05, 3.63) is 11.1 Å². The number of aromatic nitrogens is 1. The van der Waals surface area contributed by atoms with Gasteiger partial charge < -0.3 is 14.5 Å². The minimum absolute atomic E-state index is 0.00468. The van der Waals surface area contributed by atoms with Gasteiger partial charge in [-0.15, -0.1) is 11.3 Å². The van der Waals surface area contributed by atoms with E-state index in [9.17, 15) is 14.4 Å². The molecule has 2 aliphatic rings. The number of hydrogen-bond donors (Lipinski definition) is 2. The van der Waals surface area contributed by atoms with Gasteiger partial charge in [-0.25, -0.2) is 4.98 Å². The second-order valence-corrected chi connectivity index (χ2v) is 7.35. The molecule has 2 aliphatic heterocycles.